The molecular weight excluding hydrogens is 797 g/mol. The molecule has 2 unspecified atom stereocenters. The summed E-state index contributed by atoms with van der Waals surface area (Å²) in [6.45, 7) is 0. The summed E-state index contributed by atoms with van der Waals surface area (Å²) in [6, 6.07) is 71.0. The fraction of sp³-hybridized carbons (Fsp3) is 0.0312. The summed E-state index contributed by atoms with van der Waals surface area (Å²) in [5, 5.41) is 5.08. The fourth-order valence-corrected chi connectivity index (χ4v) is 11.4. The quantitative estimate of drug-likeness (QED) is 0.158. The molecule has 2 heterocycles. The summed E-state index contributed by atoms with van der Waals surface area (Å²) >= 11 is 0. The van der Waals surface area contributed by atoms with Crippen LogP contribution in [-0.2, 0) is 0 Å². The van der Waals surface area contributed by atoms with Gasteiger partial charge in [-0.05, 0) is 127 Å². The van der Waals surface area contributed by atoms with Crippen LogP contribution in [0.25, 0.3) is 88.4 Å². The standard InChI is InChI=1S/C64H42N2/c1-3-11-53(12-4-1)65-59-17-9-7-15-55(59)57-39-45(31-33-61(57)65)41-19-23-43(24-20-41)51-35-47-27-29-49-37-52(38-50-30-28-48(36-51)63(47)64(49)50)44-25-21-42(22-26-44)46-32-34-62-58(40-46)56-16-8-10-18-60(56)66(62)54-13-5-2-6-14-54/h1-40,63-64H. The van der Waals surface area contributed by atoms with Gasteiger partial charge in [0.15, 0.2) is 0 Å². The molecular formula is C64H42N2. The van der Waals surface area contributed by atoms with Crippen LogP contribution in [0.2, 0.25) is 0 Å². The molecule has 10 aromatic rings. The van der Waals surface area contributed by atoms with E-state index < -0.39 is 0 Å². The van der Waals surface area contributed by atoms with Crippen molar-refractivity contribution in [3.05, 3.63) is 276 Å². The maximum absolute atomic E-state index is 2.42. The van der Waals surface area contributed by atoms with Crippen LogP contribution < -0.4 is 0 Å². The van der Waals surface area contributed by atoms with Gasteiger partial charge >= 0.3 is 0 Å². The average molecular weight is 839 g/mol. The monoisotopic (exact) mass is 838 g/mol. The molecule has 0 fully saturated rings. The van der Waals surface area contributed by atoms with Crippen molar-refractivity contribution in [3.63, 3.8) is 0 Å². The average Bonchev–Trinajstić information content (AvgIpc) is 3.90. The summed E-state index contributed by atoms with van der Waals surface area (Å²) in [4.78, 5) is 0. The van der Waals surface area contributed by atoms with Gasteiger partial charge in [0.2, 0.25) is 0 Å². The normalized spacial score (nSPS) is 17.3. The lowest BCUT2D eigenvalue weighted by Crippen LogP contribution is -2.29. The van der Waals surface area contributed by atoms with E-state index in [9.17, 15) is 0 Å². The molecule has 14 rings (SSSR count). The Morgan fingerprint density at radius 3 is 1.08 bits per heavy atom. The van der Waals surface area contributed by atoms with Gasteiger partial charge in [0.25, 0.3) is 0 Å². The molecule has 4 aliphatic carbocycles. The Labute approximate surface area is 383 Å². The Balaban J connectivity index is 0.745. The van der Waals surface area contributed by atoms with Crippen LogP contribution in [0.1, 0.15) is 11.1 Å². The number of hydrogen-bond donors (Lipinski definition) is 0. The zero-order chi connectivity index (χ0) is 43.3. The Morgan fingerprint density at radius 2 is 0.636 bits per heavy atom. The van der Waals surface area contributed by atoms with Crippen LogP contribution in [-0.4, -0.2) is 9.13 Å². The number of fused-ring (bicyclic) bond motifs is 6. The Bertz CT molecular complexity index is 3620. The first kappa shape index (κ1) is 37.0. The lowest BCUT2D eigenvalue weighted by molar-refractivity contribution is 0.566. The molecule has 0 bridgehead atoms. The highest BCUT2D eigenvalue weighted by atomic mass is 15.0. The summed E-state index contributed by atoms with van der Waals surface area (Å²) in [7, 11) is 0. The molecule has 0 spiro atoms. The minimum Gasteiger partial charge on any atom is -0.309 e. The van der Waals surface area contributed by atoms with Gasteiger partial charge < -0.3 is 9.13 Å². The third kappa shape index (κ3) is 5.75. The van der Waals surface area contributed by atoms with Gasteiger partial charge in [-0.3, -0.25) is 0 Å². The van der Waals surface area contributed by atoms with Crippen molar-refractivity contribution in [1.29, 1.82) is 0 Å². The van der Waals surface area contributed by atoms with Crippen molar-refractivity contribution < 1.29 is 0 Å². The van der Waals surface area contributed by atoms with Gasteiger partial charge in [-0.15, -0.1) is 0 Å². The molecule has 0 N–H and O–H groups in total. The highest BCUT2D eigenvalue weighted by molar-refractivity contribution is 6.11. The second kappa shape index (κ2) is 14.5. The minimum absolute atomic E-state index is 0.331. The first-order chi connectivity index (χ1) is 32.7. The van der Waals surface area contributed by atoms with Gasteiger partial charge in [-0.25, -0.2) is 0 Å². The molecule has 2 aromatic heterocycles. The number of para-hydroxylation sites is 4. The molecule has 2 nitrogen and oxygen atoms in total. The number of allylic oxidation sites excluding steroid dienone is 14. The predicted octanol–water partition coefficient (Wildman–Crippen LogP) is 16.2. The molecule has 8 aromatic carbocycles. The Kier molecular flexibility index (Phi) is 8.14. The van der Waals surface area contributed by atoms with Crippen molar-refractivity contribution in [1.82, 2.24) is 9.13 Å². The van der Waals surface area contributed by atoms with E-state index in [1.165, 1.54) is 122 Å². The van der Waals surface area contributed by atoms with E-state index in [4.69, 9.17) is 0 Å². The van der Waals surface area contributed by atoms with Crippen LogP contribution in [0.15, 0.2) is 265 Å². The van der Waals surface area contributed by atoms with E-state index in [2.05, 4.69) is 252 Å². The fourth-order valence-electron chi connectivity index (χ4n) is 11.4. The molecule has 66 heavy (non-hydrogen) atoms. The second-order valence-electron chi connectivity index (χ2n) is 18.1. The molecule has 2 atom stereocenters. The molecule has 0 amide bonds. The van der Waals surface area contributed by atoms with Gasteiger partial charge in [-0.1, -0.05) is 182 Å². The predicted molar refractivity (Wildman–Crippen MR) is 277 cm³/mol. The van der Waals surface area contributed by atoms with E-state index in [0.29, 0.717) is 11.8 Å². The van der Waals surface area contributed by atoms with E-state index >= 15 is 0 Å². The lowest BCUT2D eigenvalue weighted by Gasteiger charge is -2.40. The number of hydrogen-bond acceptors (Lipinski definition) is 0. The maximum atomic E-state index is 2.42. The van der Waals surface area contributed by atoms with Crippen LogP contribution >= 0.6 is 0 Å². The topological polar surface area (TPSA) is 9.86 Å². The van der Waals surface area contributed by atoms with Crippen LogP contribution in [0.4, 0.5) is 0 Å². The Hall–Kier alpha value is -8.46. The van der Waals surface area contributed by atoms with E-state index in [-0.39, 0.29) is 0 Å². The van der Waals surface area contributed by atoms with E-state index in [1.807, 2.05) is 0 Å². The third-order valence-electron chi connectivity index (χ3n) is 14.5. The van der Waals surface area contributed by atoms with E-state index in [0.717, 1.165) is 0 Å². The third-order valence-corrected chi connectivity index (χ3v) is 14.5. The van der Waals surface area contributed by atoms with Crippen molar-refractivity contribution in [3.8, 4) is 33.6 Å². The molecule has 0 aliphatic heterocycles. The first-order valence-electron chi connectivity index (χ1n) is 23.1. The van der Waals surface area contributed by atoms with Crippen molar-refractivity contribution in [2.75, 3.05) is 0 Å². The van der Waals surface area contributed by atoms with Crippen molar-refractivity contribution in [2.24, 2.45) is 11.8 Å². The van der Waals surface area contributed by atoms with Gasteiger partial charge in [0.1, 0.15) is 0 Å². The van der Waals surface area contributed by atoms with E-state index in [1.54, 1.807) is 0 Å². The largest absolute Gasteiger partial charge is 0.309 e. The highest BCUT2D eigenvalue weighted by Gasteiger charge is 2.38. The van der Waals surface area contributed by atoms with Gasteiger partial charge in [0.05, 0.1) is 22.1 Å². The summed E-state index contributed by atoms with van der Waals surface area (Å²) in [6.07, 6.45) is 19.1. The zero-order valence-electron chi connectivity index (χ0n) is 36.1. The van der Waals surface area contributed by atoms with Crippen LogP contribution in [0, 0.1) is 11.8 Å². The zero-order valence-corrected chi connectivity index (χ0v) is 36.1. The summed E-state index contributed by atoms with van der Waals surface area (Å²) < 4.78 is 4.75. The second-order valence-corrected chi connectivity index (χ2v) is 18.1. The molecule has 4 aliphatic rings. The molecule has 0 radical (unpaired) electrons. The summed E-state index contributed by atoms with van der Waals surface area (Å²) in [5.74, 6) is 0.661. The number of benzene rings is 8. The Morgan fingerprint density at radius 1 is 0.273 bits per heavy atom. The lowest BCUT2D eigenvalue weighted by atomic mass is 9.63. The van der Waals surface area contributed by atoms with Crippen LogP contribution in [0.5, 0.6) is 0 Å². The van der Waals surface area contributed by atoms with Crippen molar-refractivity contribution in [2.45, 2.75) is 0 Å². The minimum atomic E-state index is 0.331. The summed E-state index contributed by atoms with van der Waals surface area (Å²) in [5.41, 5.74) is 22.7. The number of nitrogens with zero attached hydrogens (tertiary/aromatic N) is 2. The van der Waals surface area contributed by atoms with Crippen LogP contribution in [0.3, 0.4) is 0 Å². The van der Waals surface area contributed by atoms with Gasteiger partial charge in [0, 0.05) is 44.8 Å². The molecule has 308 valence electrons. The molecule has 2 heteroatoms. The maximum Gasteiger partial charge on any atom is 0.0541 e. The molecule has 0 saturated heterocycles. The number of rotatable bonds is 6. The number of aromatic nitrogens is 2. The van der Waals surface area contributed by atoms with Gasteiger partial charge in [-0.2, -0.15) is 0 Å². The SMILES string of the molecule is C1=CC2=CC(c3ccc(-c4ccc5c(c4)c4ccccc4n5-c4ccccc4)cc3)=CC3=CC=C4C=C(c5ccc(-c6ccc7c(c6)c6ccccc6n7-c6ccccc6)cc5)C=C1C4C32. The van der Waals surface area contributed by atoms with Crippen molar-refractivity contribution >= 4 is 54.8 Å². The highest BCUT2D eigenvalue weighted by Crippen LogP contribution is 2.51. The molecule has 0 saturated carbocycles. The first-order valence-corrected chi connectivity index (χ1v) is 23.1. The smallest absolute Gasteiger partial charge is 0.0541 e.